The first-order valence-electron chi connectivity index (χ1n) is 8.18. The van der Waals surface area contributed by atoms with Crippen molar-refractivity contribution in [2.24, 2.45) is 5.10 Å². The van der Waals surface area contributed by atoms with E-state index in [1.807, 2.05) is 6.07 Å². The summed E-state index contributed by atoms with van der Waals surface area (Å²) in [7, 11) is 3.14. The van der Waals surface area contributed by atoms with Crippen LogP contribution < -0.4 is 14.9 Å². The molecule has 0 atom stereocenters. The molecule has 0 aliphatic rings. The van der Waals surface area contributed by atoms with Crippen LogP contribution in [0.5, 0.6) is 11.5 Å². The van der Waals surface area contributed by atoms with Gasteiger partial charge in [0, 0.05) is 30.1 Å². The fourth-order valence-electron chi connectivity index (χ4n) is 2.41. The van der Waals surface area contributed by atoms with Gasteiger partial charge in [-0.1, -0.05) is 0 Å². The van der Waals surface area contributed by atoms with Crippen LogP contribution in [-0.4, -0.2) is 35.3 Å². The Labute approximate surface area is 160 Å². The van der Waals surface area contributed by atoms with Crippen molar-refractivity contribution in [2.45, 2.75) is 0 Å². The number of hydrogen-bond donors (Lipinski definition) is 1. The number of hydrogen-bond acceptors (Lipinski definition) is 8. The molecule has 0 aliphatic heterocycles. The van der Waals surface area contributed by atoms with Gasteiger partial charge in [0.15, 0.2) is 11.5 Å². The average molecular weight is 379 g/mol. The third-order valence-electron chi connectivity index (χ3n) is 3.85. The highest BCUT2D eigenvalue weighted by molar-refractivity contribution is 5.81. The van der Waals surface area contributed by atoms with Crippen LogP contribution in [0.4, 0.5) is 11.6 Å². The van der Waals surface area contributed by atoms with Gasteiger partial charge in [0.25, 0.3) is 5.69 Å². The monoisotopic (exact) mass is 379 g/mol. The van der Waals surface area contributed by atoms with E-state index in [4.69, 9.17) is 9.47 Å². The molecular weight excluding hydrogens is 362 g/mol. The summed E-state index contributed by atoms with van der Waals surface area (Å²) in [5, 5.41) is 14.8. The lowest BCUT2D eigenvalue weighted by atomic mass is 10.1. The molecule has 0 spiro atoms. The van der Waals surface area contributed by atoms with E-state index in [2.05, 4.69) is 20.5 Å². The van der Waals surface area contributed by atoms with Gasteiger partial charge >= 0.3 is 0 Å². The van der Waals surface area contributed by atoms with Crippen LogP contribution in [-0.2, 0) is 0 Å². The minimum absolute atomic E-state index is 0.0347. The molecule has 1 aromatic heterocycles. The fraction of sp³-hybridized carbons (Fsp3) is 0.105. The van der Waals surface area contributed by atoms with Crippen LogP contribution in [0.25, 0.3) is 11.1 Å². The number of non-ortho nitro benzene ring substituents is 1. The summed E-state index contributed by atoms with van der Waals surface area (Å²) in [5.41, 5.74) is 5.12. The molecule has 1 N–H and O–H groups in total. The lowest BCUT2D eigenvalue weighted by molar-refractivity contribution is -0.384. The second kappa shape index (κ2) is 8.58. The second-order valence-corrected chi connectivity index (χ2v) is 5.58. The van der Waals surface area contributed by atoms with Gasteiger partial charge in [-0.15, -0.1) is 0 Å². The number of hydrazone groups is 1. The average Bonchev–Trinajstić information content (AvgIpc) is 2.74. The van der Waals surface area contributed by atoms with Crippen LogP contribution in [0.2, 0.25) is 0 Å². The minimum atomic E-state index is -0.441. The molecule has 142 valence electrons. The zero-order valence-corrected chi connectivity index (χ0v) is 15.2. The summed E-state index contributed by atoms with van der Waals surface area (Å²) in [5.74, 6) is 1.57. The maximum absolute atomic E-state index is 10.7. The topological polar surface area (TPSA) is 112 Å². The van der Waals surface area contributed by atoms with E-state index >= 15 is 0 Å². The molecule has 0 saturated heterocycles. The van der Waals surface area contributed by atoms with Gasteiger partial charge in [0.1, 0.15) is 0 Å². The SMILES string of the molecule is COc1ccc(/C=N/Nc2ncc(-c3ccc([N+](=O)[O-])cc3)cn2)cc1OC. The Kier molecular flexibility index (Phi) is 5.75. The van der Waals surface area contributed by atoms with Crippen molar-refractivity contribution in [1.82, 2.24) is 9.97 Å². The molecule has 9 heteroatoms. The van der Waals surface area contributed by atoms with E-state index in [1.165, 1.54) is 12.1 Å². The number of nitro groups is 1. The van der Waals surface area contributed by atoms with Gasteiger partial charge in [-0.3, -0.25) is 10.1 Å². The molecule has 0 amide bonds. The largest absolute Gasteiger partial charge is 0.493 e. The van der Waals surface area contributed by atoms with Crippen molar-refractivity contribution in [3.8, 4) is 22.6 Å². The summed E-state index contributed by atoms with van der Waals surface area (Å²) in [6, 6.07) is 11.6. The molecule has 0 bridgehead atoms. The van der Waals surface area contributed by atoms with Crippen molar-refractivity contribution in [3.63, 3.8) is 0 Å². The Hall–Kier alpha value is -4.01. The van der Waals surface area contributed by atoms with E-state index < -0.39 is 4.92 Å². The van der Waals surface area contributed by atoms with E-state index in [-0.39, 0.29) is 5.69 Å². The summed E-state index contributed by atoms with van der Waals surface area (Å²) in [4.78, 5) is 18.7. The smallest absolute Gasteiger partial charge is 0.269 e. The molecule has 0 fully saturated rings. The third kappa shape index (κ3) is 4.39. The number of nitrogens with one attached hydrogen (secondary N) is 1. The predicted octanol–water partition coefficient (Wildman–Crippen LogP) is 3.52. The van der Waals surface area contributed by atoms with Gasteiger partial charge in [-0.2, -0.15) is 5.10 Å². The van der Waals surface area contributed by atoms with Gasteiger partial charge in [0.05, 0.1) is 25.4 Å². The number of nitrogens with zero attached hydrogens (tertiary/aromatic N) is 4. The van der Waals surface area contributed by atoms with Crippen LogP contribution in [0, 0.1) is 10.1 Å². The highest BCUT2D eigenvalue weighted by atomic mass is 16.6. The number of rotatable bonds is 7. The first-order chi connectivity index (χ1) is 13.6. The van der Waals surface area contributed by atoms with Gasteiger partial charge < -0.3 is 9.47 Å². The predicted molar refractivity (Wildman–Crippen MR) is 105 cm³/mol. The maximum atomic E-state index is 10.7. The number of ether oxygens (including phenoxy) is 2. The first kappa shape index (κ1) is 18.8. The molecule has 0 aliphatic carbocycles. The van der Waals surface area contributed by atoms with Crippen molar-refractivity contribution in [1.29, 1.82) is 0 Å². The summed E-state index contributed by atoms with van der Waals surface area (Å²) < 4.78 is 10.4. The Morgan fingerprint density at radius 3 is 2.29 bits per heavy atom. The highest BCUT2D eigenvalue weighted by Gasteiger charge is 2.06. The number of aromatic nitrogens is 2. The maximum Gasteiger partial charge on any atom is 0.269 e. The van der Waals surface area contributed by atoms with Crippen molar-refractivity contribution < 1.29 is 14.4 Å². The summed E-state index contributed by atoms with van der Waals surface area (Å²) in [6.07, 6.45) is 4.83. The normalized spacial score (nSPS) is 10.6. The van der Waals surface area contributed by atoms with Crippen LogP contribution in [0.15, 0.2) is 60.0 Å². The molecule has 3 rings (SSSR count). The molecule has 0 unspecified atom stereocenters. The second-order valence-electron chi connectivity index (χ2n) is 5.58. The molecule has 9 nitrogen and oxygen atoms in total. The molecule has 0 saturated carbocycles. The molecule has 0 radical (unpaired) electrons. The first-order valence-corrected chi connectivity index (χ1v) is 8.18. The van der Waals surface area contributed by atoms with Gasteiger partial charge in [-0.25, -0.2) is 15.4 Å². The van der Waals surface area contributed by atoms with E-state index in [0.29, 0.717) is 17.4 Å². The van der Waals surface area contributed by atoms with Crippen molar-refractivity contribution in [2.75, 3.05) is 19.6 Å². The quantitative estimate of drug-likeness (QED) is 0.380. The molecule has 28 heavy (non-hydrogen) atoms. The Bertz CT molecular complexity index is 988. The van der Waals surface area contributed by atoms with E-state index in [0.717, 1.165) is 16.7 Å². The van der Waals surface area contributed by atoms with Crippen molar-refractivity contribution in [3.05, 3.63) is 70.5 Å². The highest BCUT2D eigenvalue weighted by Crippen LogP contribution is 2.27. The van der Waals surface area contributed by atoms with E-state index in [1.54, 1.807) is 57.1 Å². The van der Waals surface area contributed by atoms with Crippen molar-refractivity contribution >= 4 is 17.9 Å². The standard InChI is InChI=1S/C19H17N5O4/c1-27-17-8-3-13(9-18(17)28-2)10-22-23-19-20-11-15(12-21-19)14-4-6-16(7-5-14)24(25)26/h3-12H,1-2H3,(H,20,21,23)/b22-10+. The lowest BCUT2D eigenvalue weighted by Gasteiger charge is -2.07. The minimum Gasteiger partial charge on any atom is -0.493 e. The van der Waals surface area contributed by atoms with Crippen LogP contribution in [0.3, 0.4) is 0 Å². The number of nitro benzene ring substituents is 1. The summed E-state index contributed by atoms with van der Waals surface area (Å²) >= 11 is 0. The number of methoxy groups -OCH3 is 2. The fourth-order valence-corrected chi connectivity index (χ4v) is 2.41. The van der Waals surface area contributed by atoms with Gasteiger partial charge in [-0.05, 0) is 41.5 Å². The van der Waals surface area contributed by atoms with Gasteiger partial charge in [0.2, 0.25) is 5.95 Å². The van der Waals surface area contributed by atoms with Crippen LogP contribution >= 0.6 is 0 Å². The lowest BCUT2D eigenvalue weighted by Crippen LogP contribution is -1.97. The Morgan fingerprint density at radius 1 is 1.00 bits per heavy atom. The molecule has 1 heterocycles. The van der Waals surface area contributed by atoms with E-state index in [9.17, 15) is 10.1 Å². The summed E-state index contributed by atoms with van der Waals surface area (Å²) in [6.45, 7) is 0. The molecular formula is C19H17N5O4. The zero-order chi connectivity index (χ0) is 19.9. The number of anilines is 1. The Morgan fingerprint density at radius 2 is 1.68 bits per heavy atom. The molecule has 3 aromatic rings. The third-order valence-corrected chi connectivity index (χ3v) is 3.85. The number of benzene rings is 2. The Balaban J connectivity index is 1.66. The molecule has 2 aromatic carbocycles. The zero-order valence-electron chi connectivity index (χ0n) is 15.2. The van der Waals surface area contributed by atoms with Crippen LogP contribution in [0.1, 0.15) is 5.56 Å².